The van der Waals surface area contributed by atoms with Gasteiger partial charge in [0.05, 0.1) is 11.4 Å². The summed E-state index contributed by atoms with van der Waals surface area (Å²) in [5.74, 6) is -0.285. The monoisotopic (exact) mass is 484 g/mol. The van der Waals surface area contributed by atoms with Gasteiger partial charge < -0.3 is 10.2 Å². The lowest BCUT2D eigenvalue weighted by Crippen LogP contribution is -2.40. The molecular formula is C29H29FN4O2. The fourth-order valence-corrected chi connectivity index (χ4v) is 4.00. The minimum atomic E-state index is -0.362. The molecule has 0 aliphatic heterocycles. The van der Waals surface area contributed by atoms with Crippen LogP contribution in [0.1, 0.15) is 29.8 Å². The quantitative estimate of drug-likeness (QED) is 0.348. The van der Waals surface area contributed by atoms with Crippen LogP contribution in [0, 0.1) is 18.7 Å². The fraction of sp³-hybridized carbons (Fsp3) is 0.207. The normalized spacial score (nSPS) is 10.9. The molecule has 0 aliphatic carbocycles. The summed E-state index contributed by atoms with van der Waals surface area (Å²) >= 11 is 0. The van der Waals surface area contributed by atoms with E-state index < -0.39 is 0 Å². The number of anilines is 1. The van der Waals surface area contributed by atoms with E-state index in [1.807, 2.05) is 69.3 Å². The second-order valence-electron chi connectivity index (χ2n) is 9.11. The summed E-state index contributed by atoms with van der Waals surface area (Å²) in [6.45, 7) is 6.22. The van der Waals surface area contributed by atoms with Crippen molar-refractivity contribution in [2.24, 2.45) is 5.92 Å². The van der Waals surface area contributed by atoms with Gasteiger partial charge in [-0.05, 0) is 48.7 Å². The van der Waals surface area contributed by atoms with Crippen molar-refractivity contribution in [1.29, 1.82) is 0 Å². The maximum atomic E-state index is 13.5. The summed E-state index contributed by atoms with van der Waals surface area (Å²) in [7, 11) is 0. The first-order valence-electron chi connectivity index (χ1n) is 11.9. The van der Waals surface area contributed by atoms with Gasteiger partial charge in [0.2, 0.25) is 5.91 Å². The van der Waals surface area contributed by atoms with Crippen molar-refractivity contribution in [2.75, 3.05) is 18.4 Å². The van der Waals surface area contributed by atoms with E-state index in [9.17, 15) is 14.0 Å². The zero-order valence-electron chi connectivity index (χ0n) is 20.6. The molecule has 0 saturated carbocycles. The highest BCUT2D eigenvalue weighted by Crippen LogP contribution is 2.25. The molecule has 7 heteroatoms. The number of carbonyl (C=O) groups is 2. The third kappa shape index (κ3) is 5.86. The molecule has 0 unspecified atom stereocenters. The Labute approximate surface area is 210 Å². The molecule has 36 heavy (non-hydrogen) atoms. The predicted molar refractivity (Wildman–Crippen MR) is 140 cm³/mol. The molecule has 0 fully saturated rings. The van der Waals surface area contributed by atoms with Gasteiger partial charge in [0, 0.05) is 23.7 Å². The van der Waals surface area contributed by atoms with Gasteiger partial charge in [0.1, 0.15) is 18.2 Å². The van der Waals surface area contributed by atoms with Gasteiger partial charge in [-0.15, -0.1) is 0 Å². The molecule has 4 rings (SSSR count). The Morgan fingerprint density at radius 3 is 2.31 bits per heavy atom. The molecule has 3 aromatic carbocycles. The van der Waals surface area contributed by atoms with Crippen LogP contribution in [0.3, 0.4) is 0 Å². The van der Waals surface area contributed by atoms with Gasteiger partial charge in [-0.1, -0.05) is 62.4 Å². The number of halogens is 1. The Kier molecular flexibility index (Phi) is 7.59. The lowest BCUT2D eigenvalue weighted by molar-refractivity contribution is -0.117. The van der Waals surface area contributed by atoms with Crippen molar-refractivity contribution < 1.29 is 14.0 Å². The first-order chi connectivity index (χ1) is 17.3. The molecule has 6 nitrogen and oxygen atoms in total. The van der Waals surface area contributed by atoms with Crippen molar-refractivity contribution in [3.63, 3.8) is 0 Å². The van der Waals surface area contributed by atoms with E-state index in [4.69, 9.17) is 0 Å². The molecule has 0 saturated heterocycles. The van der Waals surface area contributed by atoms with Crippen LogP contribution in [0.25, 0.3) is 16.9 Å². The van der Waals surface area contributed by atoms with E-state index >= 15 is 0 Å². The summed E-state index contributed by atoms with van der Waals surface area (Å²) < 4.78 is 15.1. The van der Waals surface area contributed by atoms with Crippen LogP contribution < -0.4 is 5.32 Å². The van der Waals surface area contributed by atoms with Gasteiger partial charge in [-0.25, -0.2) is 9.07 Å². The number of nitrogens with zero attached hydrogens (tertiary/aromatic N) is 3. The molecule has 4 aromatic rings. The SMILES string of the molecule is Cc1ccccc1C(=O)N(CC(=O)Nc1cc(-c2ccccc2)nn1-c1ccc(F)cc1)CC(C)C. The van der Waals surface area contributed by atoms with Crippen molar-refractivity contribution in [2.45, 2.75) is 20.8 Å². The minimum absolute atomic E-state index is 0.111. The summed E-state index contributed by atoms with van der Waals surface area (Å²) in [5.41, 5.74) is 3.58. The molecule has 0 atom stereocenters. The Hall–Kier alpha value is -4.26. The third-order valence-corrected chi connectivity index (χ3v) is 5.70. The van der Waals surface area contributed by atoms with Crippen molar-refractivity contribution in [3.8, 4) is 16.9 Å². The van der Waals surface area contributed by atoms with Crippen molar-refractivity contribution in [3.05, 3.63) is 102 Å². The average molecular weight is 485 g/mol. The Bertz CT molecular complexity index is 1350. The van der Waals surface area contributed by atoms with Crippen LogP contribution in [0.5, 0.6) is 0 Å². The van der Waals surface area contributed by atoms with Crippen LogP contribution in [-0.2, 0) is 4.79 Å². The van der Waals surface area contributed by atoms with Crippen LogP contribution in [0.4, 0.5) is 10.2 Å². The molecule has 1 N–H and O–H groups in total. The van der Waals surface area contributed by atoms with Crippen LogP contribution in [-0.4, -0.2) is 39.6 Å². The number of nitrogens with one attached hydrogen (secondary N) is 1. The second-order valence-corrected chi connectivity index (χ2v) is 9.11. The molecule has 0 bridgehead atoms. The van der Waals surface area contributed by atoms with Gasteiger partial charge in [0.25, 0.3) is 5.91 Å². The summed E-state index contributed by atoms with van der Waals surface area (Å²) in [5, 5.41) is 7.57. The topological polar surface area (TPSA) is 67.2 Å². The number of rotatable bonds is 8. The summed E-state index contributed by atoms with van der Waals surface area (Å²) in [4.78, 5) is 28.1. The number of carbonyl (C=O) groups excluding carboxylic acids is 2. The Balaban J connectivity index is 1.62. The molecule has 1 heterocycles. The molecule has 1 aromatic heterocycles. The number of hydrogen-bond donors (Lipinski definition) is 1. The Morgan fingerprint density at radius 2 is 1.64 bits per heavy atom. The fourth-order valence-electron chi connectivity index (χ4n) is 4.00. The lowest BCUT2D eigenvalue weighted by Gasteiger charge is -2.25. The summed E-state index contributed by atoms with van der Waals surface area (Å²) in [6, 6.07) is 24.6. The Morgan fingerprint density at radius 1 is 0.972 bits per heavy atom. The highest BCUT2D eigenvalue weighted by Gasteiger charge is 2.22. The highest BCUT2D eigenvalue weighted by atomic mass is 19.1. The molecule has 0 radical (unpaired) electrons. The van der Waals surface area contributed by atoms with E-state index in [1.54, 1.807) is 33.8 Å². The van der Waals surface area contributed by atoms with Crippen molar-refractivity contribution >= 4 is 17.6 Å². The van der Waals surface area contributed by atoms with E-state index in [-0.39, 0.29) is 30.1 Å². The van der Waals surface area contributed by atoms with Crippen molar-refractivity contribution in [1.82, 2.24) is 14.7 Å². The van der Waals surface area contributed by atoms with E-state index in [0.29, 0.717) is 29.3 Å². The van der Waals surface area contributed by atoms with Crippen LogP contribution in [0.2, 0.25) is 0 Å². The predicted octanol–water partition coefficient (Wildman–Crippen LogP) is 5.72. The lowest BCUT2D eigenvalue weighted by atomic mass is 10.1. The highest BCUT2D eigenvalue weighted by molar-refractivity contribution is 6.00. The number of aromatic nitrogens is 2. The maximum Gasteiger partial charge on any atom is 0.254 e. The largest absolute Gasteiger partial charge is 0.329 e. The summed E-state index contributed by atoms with van der Waals surface area (Å²) in [6.07, 6.45) is 0. The molecular weight excluding hydrogens is 455 g/mol. The average Bonchev–Trinajstić information content (AvgIpc) is 3.28. The first kappa shape index (κ1) is 24.9. The molecule has 184 valence electrons. The van der Waals surface area contributed by atoms with Crippen LogP contribution in [0.15, 0.2) is 84.9 Å². The van der Waals surface area contributed by atoms with Gasteiger partial charge in [-0.2, -0.15) is 5.10 Å². The molecule has 2 amide bonds. The minimum Gasteiger partial charge on any atom is -0.329 e. The first-order valence-corrected chi connectivity index (χ1v) is 11.9. The van der Waals surface area contributed by atoms with E-state index in [0.717, 1.165) is 11.1 Å². The van der Waals surface area contributed by atoms with E-state index in [2.05, 4.69) is 10.4 Å². The molecule has 0 spiro atoms. The number of aryl methyl sites for hydroxylation is 1. The molecule has 0 aliphatic rings. The number of amides is 2. The van der Waals surface area contributed by atoms with Crippen LogP contribution >= 0.6 is 0 Å². The standard InChI is InChI=1S/C29H29FN4O2/c1-20(2)18-33(29(36)25-12-8-7-9-21(25)3)19-28(35)31-27-17-26(22-10-5-4-6-11-22)32-34(27)24-15-13-23(30)14-16-24/h4-17,20H,18-19H2,1-3H3,(H,31,35). The van der Waals surface area contributed by atoms with Gasteiger partial charge in [-0.3, -0.25) is 9.59 Å². The van der Waals surface area contributed by atoms with Gasteiger partial charge >= 0.3 is 0 Å². The second kappa shape index (κ2) is 11.0. The smallest absolute Gasteiger partial charge is 0.254 e. The zero-order valence-corrected chi connectivity index (χ0v) is 20.6. The van der Waals surface area contributed by atoms with Gasteiger partial charge in [0.15, 0.2) is 0 Å². The maximum absolute atomic E-state index is 13.5. The third-order valence-electron chi connectivity index (χ3n) is 5.70. The zero-order chi connectivity index (χ0) is 25.7. The van der Waals surface area contributed by atoms with E-state index in [1.165, 1.54) is 12.1 Å². The number of hydrogen-bond acceptors (Lipinski definition) is 3. The number of benzene rings is 3.